The molecule has 0 aromatic heterocycles. The van der Waals surface area contributed by atoms with Crippen LogP contribution in [0.5, 0.6) is 0 Å². The number of hydrogen-bond acceptors (Lipinski definition) is 3. The van der Waals surface area contributed by atoms with Gasteiger partial charge in [-0.25, -0.2) is 0 Å². The zero-order valence-corrected chi connectivity index (χ0v) is 11.8. The van der Waals surface area contributed by atoms with Gasteiger partial charge >= 0.3 is 8.56 Å². The largest absolute Gasteiger partial charge is 0.394 e. The molecule has 5 heteroatoms. The van der Waals surface area contributed by atoms with E-state index in [0.29, 0.717) is 31.2 Å². The van der Waals surface area contributed by atoms with Crippen molar-refractivity contribution in [2.75, 3.05) is 25.6 Å². The lowest BCUT2D eigenvalue weighted by atomic mass is 10.2. The van der Waals surface area contributed by atoms with Crippen molar-refractivity contribution in [2.45, 2.75) is 38.8 Å². The van der Waals surface area contributed by atoms with Crippen molar-refractivity contribution in [1.29, 1.82) is 0 Å². The fraction of sp³-hybridized carbons (Fsp3) is 1.00. The Hall–Kier alpha value is 0.387. The number of alkyl halides is 1. The Morgan fingerprint density at radius 2 is 1.73 bits per heavy atom. The maximum absolute atomic E-state index is 5.84. The van der Waals surface area contributed by atoms with Crippen LogP contribution in [0.1, 0.15) is 26.7 Å². The molecule has 2 N–H and O–H groups in total. The van der Waals surface area contributed by atoms with Crippen LogP contribution in [0.2, 0.25) is 12.1 Å². The second-order valence-electron chi connectivity index (χ2n) is 3.63. The van der Waals surface area contributed by atoms with Gasteiger partial charge in [0.1, 0.15) is 0 Å². The predicted molar refractivity (Wildman–Crippen MR) is 67.6 cm³/mol. The van der Waals surface area contributed by atoms with Crippen LogP contribution in [0, 0.1) is 0 Å². The van der Waals surface area contributed by atoms with Crippen LogP contribution in [0.25, 0.3) is 0 Å². The number of nitrogens with two attached hydrogens (primary N) is 1. The minimum absolute atomic E-state index is 0.403. The van der Waals surface area contributed by atoms with E-state index in [4.69, 9.17) is 26.2 Å². The van der Waals surface area contributed by atoms with Crippen molar-refractivity contribution in [1.82, 2.24) is 0 Å². The smallest absolute Gasteiger partial charge is 0.338 e. The van der Waals surface area contributed by atoms with Gasteiger partial charge in [-0.2, -0.15) is 0 Å². The summed E-state index contributed by atoms with van der Waals surface area (Å²) in [6, 6.07) is 0. The summed E-state index contributed by atoms with van der Waals surface area (Å²) in [7, 11) is -2.09. The van der Waals surface area contributed by atoms with E-state index in [9.17, 15) is 0 Å². The van der Waals surface area contributed by atoms with E-state index in [-0.39, 0.29) is 0 Å². The van der Waals surface area contributed by atoms with Gasteiger partial charge in [0.25, 0.3) is 0 Å². The molecule has 0 bridgehead atoms. The van der Waals surface area contributed by atoms with E-state index < -0.39 is 8.56 Å². The van der Waals surface area contributed by atoms with E-state index in [2.05, 4.69) is 6.55 Å². The Bertz CT molecular complexity index is 148. The Morgan fingerprint density at radius 3 is 2.07 bits per heavy atom. The minimum Gasteiger partial charge on any atom is -0.394 e. The second kappa shape index (κ2) is 8.53. The Balaban J connectivity index is 4.48. The van der Waals surface area contributed by atoms with Gasteiger partial charge in [0.2, 0.25) is 0 Å². The van der Waals surface area contributed by atoms with Gasteiger partial charge in [-0.1, -0.05) is 0 Å². The summed E-state index contributed by atoms with van der Waals surface area (Å²) in [4.78, 5) is 0. The molecule has 0 heterocycles. The van der Waals surface area contributed by atoms with E-state index in [0.717, 1.165) is 12.8 Å². The molecular weight excluding hydrogens is 230 g/mol. The molecule has 0 radical (unpaired) electrons. The normalized spacial score (nSPS) is 14.2. The van der Waals surface area contributed by atoms with Gasteiger partial charge in [0.05, 0.1) is 0 Å². The molecule has 0 aromatic rings. The molecule has 0 aromatic carbocycles. The van der Waals surface area contributed by atoms with Gasteiger partial charge in [-0.15, -0.1) is 11.6 Å². The summed E-state index contributed by atoms with van der Waals surface area (Å²) in [5.74, 6) is 0.646. The maximum Gasteiger partial charge on any atom is 0.338 e. The lowest BCUT2D eigenvalue weighted by Gasteiger charge is -2.33. The summed E-state index contributed by atoms with van der Waals surface area (Å²) in [6.07, 6.45) is 1.87. The minimum atomic E-state index is -2.09. The van der Waals surface area contributed by atoms with Crippen LogP contribution in [-0.4, -0.2) is 34.2 Å². The van der Waals surface area contributed by atoms with Crippen LogP contribution in [-0.2, 0) is 8.85 Å². The predicted octanol–water partition coefficient (Wildman–Crippen LogP) is 2.48. The summed E-state index contributed by atoms with van der Waals surface area (Å²) in [6.45, 7) is 8.20. The molecule has 0 saturated heterocycles. The standard InChI is InChI=1S/C10H24ClNO2Si/c1-4-13-15(3,14-5-2)10(6-8-11)7-9-12/h10H,4-9,12H2,1-3H3. The number of rotatable bonds is 9. The second-order valence-corrected chi connectivity index (χ2v) is 7.44. The molecule has 1 unspecified atom stereocenters. The van der Waals surface area contributed by atoms with Crippen molar-refractivity contribution < 1.29 is 8.85 Å². The van der Waals surface area contributed by atoms with Crippen LogP contribution < -0.4 is 5.73 Å². The molecule has 0 aliphatic rings. The Labute approximate surface area is 99.5 Å². The summed E-state index contributed by atoms with van der Waals surface area (Å²) >= 11 is 5.81. The first-order valence-electron chi connectivity index (χ1n) is 5.68. The van der Waals surface area contributed by atoms with Crippen molar-refractivity contribution in [3.05, 3.63) is 0 Å². The van der Waals surface area contributed by atoms with Crippen LogP contribution in [0.15, 0.2) is 0 Å². The third-order valence-corrected chi connectivity index (χ3v) is 6.58. The van der Waals surface area contributed by atoms with Crippen molar-refractivity contribution in [3.63, 3.8) is 0 Å². The van der Waals surface area contributed by atoms with Crippen LogP contribution in [0.3, 0.4) is 0 Å². The average Bonchev–Trinajstić information content (AvgIpc) is 2.18. The van der Waals surface area contributed by atoms with Crippen molar-refractivity contribution >= 4 is 20.2 Å². The fourth-order valence-electron chi connectivity index (χ4n) is 1.85. The highest BCUT2D eigenvalue weighted by Crippen LogP contribution is 2.31. The zero-order chi connectivity index (χ0) is 11.7. The lowest BCUT2D eigenvalue weighted by Crippen LogP contribution is -2.44. The van der Waals surface area contributed by atoms with Gasteiger partial charge in [-0.05, 0) is 39.8 Å². The molecule has 15 heavy (non-hydrogen) atoms. The summed E-state index contributed by atoms with van der Waals surface area (Å²) < 4.78 is 11.7. The van der Waals surface area contributed by atoms with Crippen LogP contribution in [0.4, 0.5) is 0 Å². The van der Waals surface area contributed by atoms with E-state index in [1.54, 1.807) is 0 Å². The van der Waals surface area contributed by atoms with Gasteiger partial charge < -0.3 is 14.6 Å². The molecule has 3 nitrogen and oxygen atoms in total. The molecule has 0 amide bonds. The van der Waals surface area contributed by atoms with Crippen molar-refractivity contribution in [2.24, 2.45) is 5.73 Å². The van der Waals surface area contributed by atoms with Gasteiger partial charge in [0.15, 0.2) is 0 Å². The molecule has 1 atom stereocenters. The monoisotopic (exact) mass is 253 g/mol. The fourth-order valence-corrected chi connectivity index (χ4v) is 5.36. The van der Waals surface area contributed by atoms with Gasteiger partial charge in [0, 0.05) is 24.6 Å². The highest BCUT2D eigenvalue weighted by molar-refractivity contribution is 6.67. The molecule has 0 spiro atoms. The van der Waals surface area contributed by atoms with E-state index >= 15 is 0 Å². The third-order valence-electron chi connectivity index (χ3n) is 2.58. The molecule has 0 fully saturated rings. The maximum atomic E-state index is 5.84. The molecule has 0 aliphatic heterocycles. The lowest BCUT2D eigenvalue weighted by molar-refractivity contribution is 0.176. The molecule has 0 aliphatic carbocycles. The summed E-state index contributed by atoms with van der Waals surface area (Å²) in [5.41, 5.74) is 6.02. The quantitative estimate of drug-likeness (QED) is 0.507. The van der Waals surface area contributed by atoms with E-state index in [1.807, 2.05) is 13.8 Å². The molecule has 0 rings (SSSR count). The first-order chi connectivity index (χ1) is 7.14. The highest BCUT2D eigenvalue weighted by atomic mass is 35.5. The number of halogens is 1. The third kappa shape index (κ3) is 5.31. The first-order valence-corrected chi connectivity index (χ1v) is 8.61. The zero-order valence-electron chi connectivity index (χ0n) is 10.1. The topological polar surface area (TPSA) is 44.5 Å². The Kier molecular flexibility index (Phi) is 8.75. The Morgan fingerprint density at radius 1 is 1.20 bits per heavy atom. The SMILES string of the molecule is CCO[Si](C)(OCC)C(CCN)CCCl. The average molecular weight is 254 g/mol. The number of hydrogen-bond donors (Lipinski definition) is 1. The van der Waals surface area contributed by atoms with E-state index in [1.165, 1.54) is 0 Å². The van der Waals surface area contributed by atoms with Crippen molar-refractivity contribution in [3.8, 4) is 0 Å². The first kappa shape index (κ1) is 15.4. The van der Waals surface area contributed by atoms with Gasteiger partial charge in [-0.3, -0.25) is 0 Å². The van der Waals surface area contributed by atoms with Crippen LogP contribution >= 0.6 is 11.6 Å². The summed E-state index contributed by atoms with van der Waals surface area (Å²) in [5, 5.41) is 0. The molecule has 92 valence electrons. The molecular formula is C10H24ClNO2Si. The molecule has 0 saturated carbocycles. The highest BCUT2D eigenvalue weighted by Gasteiger charge is 2.39.